The van der Waals surface area contributed by atoms with Crippen LogP contribution in [0.1, 0.15) is 35.6 Å². The first kappa shape index (κ1) is 17.3. The summed E-state index contributed by atoms with van der Waals surface area (Å²) in [5.74, 6) is 1.91. The Morgan fingerprint density at radius 1 is 1.15 bits per heavy atom. The first-order valence-electron chi connectivity index (χ1n) is 9.24. The number of hydrogen-bond acceptors (Lipinski definition) is 3. The fourth-order valence-electron chi connectivity index (χ4n) is 3.36. The molecule has 0 atom stereocenters. The SMILES string of the molecule is COc1ccccc1CC(=O)Nc1c(C)c(C2CC2)nn1-c1ccccc1. The van der Waals surface area contributed by atoms with E-state index in [4.69, 9.17) is 9.84 Å². The molecule has 5 nitrogen and oxygen atoms in total. The lowest BCUT2D eigenvalue weighted by Crippen LogP contribution is -2.18. The Morgan fingerprint density at radius 2 is 1.85 bits per heavy atom. The van der Waals surface area contributed by atoms with Crippen molar-refractivity contribution in [1.82, 2.24) is 9.78 Å². The summed E-state index contributed by atoms with van der Waals surface area (Å²) in [6.07, 6.45) is 2.59. The predicted molar refractivity (Wildman–Crippen MR) is 106 cm³/mol. The Bertz CT molecular complexity index is 959. The van der Waals surface area contributed by atoms with Crippen LogP contribution in [0.25, 0.3) is 5.69 Å². The monoisotopic (exact) mass is 361 g/mol. The van der Waals surface area contributed by atoms with E-state index in [1.807, 2.05) is 66.2 Å². The maximum Gasteiger partial charge on any atom is 0.230 e. The second-order valence-electron chi connectivity index (χ2n) is 6.92. The minimum Gasteiger partial charge on any atom is -0.496 e. The van der Waals surface area contributed by atoms with Gasteiger partial charge < -0.3 is 10.1 Å². The zero-order valence-corrected chi connectivity index (χ0v) is 15.6. The van der Waals surface area contributed by atoms with Gasteiger partial charge in [0.2, 0.25) is 5.91 Å². The van der Waals surface area contributed by atoms with Crippen molar-refractivity contribution in [2.45, 2.75) is 32.1 Å². The van der Waals surface area contributed by atoms with Gasteiger partial charge in [0.1, 0.15) is 11.6 Å². The predicted octanol–water partition coefficient (Wildman–Crippen LogP) is 4.25. The summed E-state index contributed by atoms with van der Waals surface area (Å²) in [4.78, 5) is 12.8. The number of ether oxygens (including phenoxy) is 1. The molecule has 1 aliphatic rings. The van der Waals surface area contributed by atoms with Gasteiger partial charge in [-0.05, 0) is 38.0 Å². The van der Waals surface area contributed by atoms with Crippen LogP contribution in [0.5, 0.6) is 5.75 Å². The Kier molecular flexibility index (Phi) is 4.67. The van der Waals surface area contributed by atoms with Crippen molar-refractivity contribution >= 4 is 11.7 Å². The van der Waals surface area contributed by atoms with Gasteiger partial charge >= 0.3 is 0 Å². The van der Waals surface area contributed by atoms with E-state index >= 15 is 0 Å². The standard InChI is InChI=1S/C22H23N3O2/c1-15-21(16-12-13-16)24-25(18-9-4-3-5-10-18)22(15)23-20(26)14-17-8-6-7-11-19(17)27-2/h3-11,16H,12-14H2,1-2H3,(H,23,26). The van der Waals surface area contributed by atoms with E-state index in [0.717, 1.165) is 34.1 Å². The molecule has 1 N–H and O–H groups in total. The molecule has 1 saturated carbocycles. The zero-order chi connectivity index (χ0) is 18.8. The van der Waals surface area contributed by atoms with E-state index in [0.29, 0.717) is 5.92 Å². The number of carbonyl (C=O) groups is 1. The Balaban J connectivity index is 1.63. The lowest BCUT2D eigenvalue weighted by atomic mass is 10.1. The number of hydrogen-bond donors (Lipinski definition) is 1. The molecule has 1 aliphatic carbocycles. The van der Waals surface area contributed by atoms with Crippen LogP contribution in [-0.4, -0.2) is 22.8 Å². The number of para-hydroxylation sites is 2. The fraction of sp³-hybridized carbons (Fsp3) is 0.273. The molecule has 2 aromatic carbocycles. The van der Waals surface area contributed by atoms with Crippen molar-refractivity contribution in [2.24, 2.45) is 0 Å². The smallest absolute Gasteiger partial charge is 0.230 e. The zero-order valence-electron chi connectivity index (χ0n) is 15.6. The average molecular weight is 361 g/mol. The van der Waals surface area contributed by atoms with Gasteiger partial charge in [-0.25, -0.2) is 4.68 Å². The molecular weight excluding hydrogens is 338 g/mol. The summed E-state index contributed by atoms with van der Waals surface area (Å²) < 4.78 is 7.21. The minimum atomic E-state index is -0.0815. The summed E-state index contributed by atoms with van der Waals surface area (Å²) in [6, 6.07) is 17.5. The number of anilines is 1. The molecule has 5 heteroatoms. The quantitative estimate of drug-likeness (QED) is 0.714. The summed E-state index contributed by atoms with van der Waals surface area (Å²) >= 11 is 0. The molecule has 138 valence electrons. The maximum atomic E-state index is 12.8. The Hall–Kier alpha value is -3.08. The highest BCUT2D eigenvalue weighted by molar-refractivity contribution is 5.93. The van der Waals surface area contributed by atoms with Gasteiger partial charge in [0.05, 0.1) is 24.9 Å². The molecule has 27 heavy (non-hydrogen) atoms. The van der Waals surface area contributed by atoms with Crippen LogP contribution < -0.4 is 10.1 Å². The van der Waals surface area contributed by atoms with Crippen LogP contribution in [0, 0.1) is 6.92 Å². The maximum absolute atomic E-state index is 12.8. The molecule has 1 fully saturated rings. The summed E-state index contributed by atoms with van der Waals surface area (Å²) in [7, 11) is 1.62. The van der Waals surface area contributed by atoms with E-state index in [9.17, 15) is 4.79 Å². The third-order valence-corrected chi connectivity index (χ3v) is 4.93. The van der Waals surface area contributed by atoms with Crippen LogP contribution in [-0.2, 0) is 11.2 Å². The average Bonchev–Trinajstić information content (AvgIpc) is 3.48. The lowest BCUT2D eigenvalue weighted by Gasteiger charge is -2.11. The van der Waals surface area contributed by atoms with Crippen LogP contribution in [0.3, 0.4) is 0 Å². The van der Waals surface area contributed by atoms with Gasteiger partial charge in [-0.1, -0.05) is 36.4 Å². The first-order chi connectivity index (χ1) is 13.2. The number of nitrogens with zero attached hydrogens (tertiary/aromatic N) is 2. The number of amides is 1. The molecule has 1 amide bonds. The van der Waals surface area contributed by atoms with Crippen LogP contribution in [0.2, 0.25) is 0 Å². The molecule has 1 heterocycles. The van der Waals surface area contributed by atoms with E-state index in [1.54, 1.807) is 7.11 Å². The van der Waals surface area contributed by atoms with Crippen molar-refractivity contribution in [3.8, 4) is 11.4 Å². The summed E-state index contributed by atoms with van der Waals surface area (Å²) in [5.41, 5.74) is 3.95. The number of benzene rings is 2. The van der Waals surface area contributed by atoms with Crippen molar-refractivity contribution < 1.29 is 9.53 Å². The molecule has 0 saturated heterocycles. The van der Waals surface area contributed by atoms with Crippen molar-refractivity contribution in [3.63, 3.8) is 0 Å². The second kappa shape index (κ2) is 7.27. The molecule has 4 rings (SSSR count). The molecule has 0 bridgehead atoms. The highest BCUT2D eigenvalue weighted by atomic mass is 16.5. The van der Waals surface area contributed by atoms with E-state index in [-0.39, 0.29) is 12.3 Å². The third-order valence-electron chi connectivity index (χ3n) is 4.93. The number of carbonyl (C=O) groups excluding carboxylic acids is 1. The van der Waals surface area contributed by atoms with Gasteiger partial charge in [0.15, 0.2) is 0 Å². The fourth-order valence-corrected chi connectivity index (χ4v) is 3.36. The highest BCUT2D eigenvalue weighted by Gasteiger charge is 2.31. The van der Waals surface area contributed by atoms with Crippen LogP contribution in [0.15, 0.2) is 54.6 Å². The van der Waals surface area contributed by atoms with Crippen LogP contribution >= 0.6 is 0 Å². The number of rotatable bonds is 6. The number of methoxy groups -OCH3 is 1. The van der Waals surface area contributed by atoms with Gasteiger partial charge in [0, 0.05) is 17.0 Å². The van der Waals surface area contributed by atoms with E-state index < -0.39 is 0 Å². The van der Waals surface area contributed by atoms with Crippen molar-refractivity contribution in [3.05, 3.63) is 71.4 Å². The molecule has 3 aromatic rings. The molecule has 0 unspecified atom stereocenters. The van der Waals surface area contributed by atoms with Crippen molar-refractivity contribution in [2.75, 3.05) is 12.4 Å². The largest absolute Gasteiger partial charge is 0.496 e. The summed E-state index contributed by atoms with van der Waals surface area (Å²) in [6.45, 7) is 2.04. The summed E-state index contributed by atoms with van der Waals surface area (Å²) in [5, 5.41) is 7.90. The van der Waals surface area contributed by atoms with Gasteiger partial charge in [-0.3, -0.25) is 4.79 Å². The Labute approximate surface area is 159 Å². The topological polar surface area (TPSA) is 56.1 Å². The lowest BCUT2D eigenvalue weighted by molar-refractivity contribution is -0.115. The van der Waals surface area contributed by atoms with Crippen molar-refractivity contribution in [1.29, 1.82) is 0 Å². The third kappa shape index (κ3) is 3.58. The first-order valence-corrected chi connectivity index (χ1v) is 9.24. The van der Waals surface area contributed by atoms with Crippen LogP contribution in [0.4, 0.5) is 5.82 Å². The molecule has 0 spiro atoms. The normalized spacial score (nSPS) is 13.4. The molecule has 0 radical (unpaired) electrons. The van der Waals surface area contributed by atoms with Gasteiger partial charge in [-0.15, -0.1) is 0 Å². The minimum absolute atomic E-state index is 0.0815. The van der Waals surface area contributed by atoms with Gasteiger partial charge in [0.25, 0.3) is 0 Å². The highest BCUT2D eigenvalue weighted by Crippen LogP contribution is 2.43. The Morgan fingerprint density at radius 3 is 2.56 bits per heavy atom. The molecule has 1 aromatic heterocycles. The van der Waals surface area contributed by atoms with E-state index in [1.165, 1.54) is 12.8 Å². The number of aromatic nitrogens is 2. The van der Waals surface area contributed by atoms with E-state index in [2.05, 4.69) is 5.32 Å². The second-order valence-corrected chi connectivity index (χ2v) is 6.92. The number of nitrogens with one attached hydrogen (secondary N) is 1. The molecular formula is C22H23N3O2. The van der Waals surface area contributed by atoms with Gasteiger partial charge in [-0.2, -0.15) is 5.10 Å². The molecule has 0 aliphatic heterocycles.